The molecular weight excluding hydrogens is 262 g/mol. The van der Waals surface area contributed by atoms with Crippen molar-refractivity contribution in [2.45, 2.75) is 38.8 Å². The first-order chi connectivity index (χ1) is 10.2. The van der Waals surface area contributed by atoms with Crippen LogP contribution < -0.4 is 5.32 Å². The normalized spacial score (nSPS) is 17.3. The molecule has 1 fully saturated rings. The molecule has 2 aromatic rings. The predicted molar refractivity (Wildman–Crippen MR) is 84.7 cm³/mol. The lowest BCUT2D eigenvalue weighted by Gasteiger charge is -2.35. The SMILES string of the molecule is CC(C)N1CCC(Nc2ccccc2-n2cncn2)CC1. The van der Waals surface area contributed by atoms with Crippen LogP contribution in [0.3, 0.4) is 0 Å². The first kappa shape index (κ1) is 14.1. The van der Waals surface area contributed by atoms with Gasteiger partial charge in [0.25, 0.3) is 0 Å². The Balaban J connectivity index is 1.69. The number of para-hydroxylation sites is 2. The minimum Gasteiger partial charge on any atom is -0.380 e. The summed E-state index contributed by atoms with van der Waals surface area (Å²) >= 11 is 0. The molecule has 1 N–H and O–H groups in total. The molecule has 2 heterocycles. The van der Waals surface area contributed by atoms with Crippen LogP contribution in [-0.2, 0) is 0 Å². The first-order valence-electron chi connectivity index (χ1n) is 7.68. The molecule has 21 heavy (non-hydrogen) atoms. The number of benzene rings is 1. The van der Waals surface area contributed by atoms with Crippen molar-refractivity contribution in [2.75, 3.05) is 18.4 Å². The molecule has 1 aliphatic heterocycles. The van der Waals surface area contributed by atoms with Gasteiger partial charge in [0.1, 0.15) is 12.7 Å². The molecule has 3 rings (SSSR count). The van der Waals surface area contributed by atoms with Crippen LogP contribution in [0.2, 0.25) is 0 Å². The Labute approximate surface area is 126 Å². The summed E-state index contributed by atoms with van der Waals surface area (Å²) in [6, 6.07) is 9.46. The lowest BCUT2D eigenvalue weighted by Crippen LogP contribution is -2.42. The molecule has 0 bridgehead atoms. The zero-order valence-corrected chi connectivity index (χ0v) is 12.7. The Morgan fingerprint density at radius 2 is 1.95 bits per heavy atom. The van der Waals surface area contributed by atoms with Gasteiger partial charge < -0.3 is 10.2 Å². The summed E-state index contributed by atoms with van der Waals surface area (Å²) in [7, 11) is 0. The minimum atomic E-state index is 0.532. The van der Waals surface area contributed by atoms with Crippen molar-refractivity contribution in [2.24, 2.45) is 0 Å². The highest BCUT2D eigenvalue weighted by molar-refractivity contribution is 5.60. The number of nitrogens with one attached hydrogen (secondary N) is 1. The van der Waals surface area contributed by atoms with Gasteiger partial charge in [-0.3, -0.25) is 0 Å². The van der Waals surface area contributed by atoms with Crippen LogP contribution in [0.4, 0.5) is 5.69 Å². The Kier molecular flexibility index (Phi) is 4.20. The summed E-state index contributed by atoms with van der Waals surface area (Å²) in [6.45, 7) is 6.88. The van der Waals surface area contributed by atoms with Crippen molar-refractivity contribution in [3.8, 4) is 5.69 Å². The van der Waals surface area contributed by atoms with Gasteiger partial charge in [-0.2, -0.15) is 5.10 Å². The highest BCUT2D eigenvalue weighted by Crippen LogP contribution is 2.23. The Hall–Kier alpha value is -1.88. The molecule has 0 atom stereocenters. The van der Waals surface area contributed by atoms with Gasteiger partial charge in [0, 0.05) is 25.2 Å². The molecular formula is C16H23N5. The Morgan fingerprint density at radius 1 is 1.19 bits per heavy atom. The van der Waals surface area contributed by atoms with Crippen LogP contribution in [0.5, 0.6) is 0 Å². The molecule has 1 aromatic heterocycles. The largest absolute Gasteiger partial charge is 0.380 e. The second-order valence-corrected chi connectivity index (χ2v) is 5.91. The molecule has 0 amide bonds. The maximum absolute atomic E-state index is 4.23. The highest BCUT2D eigenvalue weighted by Gasteiger charge is 2.21. The summed E-state index contributed by atoms with van der Waals surface area (Å²) in [5, 5.41) is 7.91. The van der Waals surface area contributed by atoms with Crippen molar-refractivity contribution in [1.82, 2.24) is 19.7 Å². The van der Waals surface area contributed by atoms with E-state index < -0.39 is 0 Å². The molecule has 1 aromatic carbocycles. The highest BCUT2D eigenvalue weighted by atomic mass is 15.3. The number of likely N-dealkylation sites (tertiary alicyclic amines) is 1. The molecule has 0 saturated carbocycles. The van der Waals surface area contributed by atoms with Crippen molar-refractivity contribution < 1.29 is 0 Å². The maximum atomic E-state index is 4.23. The van der Waals surface area contributed by atoms with Gasteiger partial charge in [-0.25, -0.2) is 9.67 Å². The van der Waals surface area contributed by atoms with Crippen molar-refractivity contribution >= 4 is 5.69 Å². The summed E-state index contributed by atoms with van der Waals surface area (Å²) in [5.41, 5.74) is 2.19. The third kappa shape index (κ3) is 3.24. The van der Waals surface area contributed by atoms with Crippen molar-refractivity contribution in [1.29, 1.82) is 0 Å². The average molecular weight is 285 g/mol. The van der Waals surface area contributed by atoms with Crippen LogP contribution in [0.25, 0.3) is 5.69 Å². The monoisotopic (exact) mass is 285 g/mol. The van der Waals surface area contributed by atoms with Crippen LogP contribution in [0, 0.1) is 0 Å². The average Bonchev–Trinajstić information content (AvgIpc) is 3.02. The predicted octanol–water partition coefficient (Wildman–Crippen LogP) is 2.55. The van der Waals surface area contributed by atoms with Gasteiger partial charge in [-0.05, 0) is 38.8 Å². The van der Waals surface area contributed by atoms with E-state index in [-0.39, 0.29) is 0 Å². The number of anilines is 1. The third-order valence-corrected chi connectivity index (χ3v) is 4.19. The van der Waals surface area contributed by atoms with E-state index in [9.17, 15) is 0 Å². The Bertz CT molecular complexity index is 556. The van der Waals surface area contributed by atoms with Gasteiger partial charge in [-0.1, -0.05) is 12.1 Å². The quantitative estimate of drug-likeness (QED) is 0.938. The molecule has 1 saturated heterocycles. The fraction of sp³-hybridized carbons (Fsp3) is 0.500. The molecule has 1 aliphatic rings. The van der Waals surface area contributed by atoms with E-state index >= 15 is 0 Å². The van der Waals surface area contributed by atoms with E-state index in [0.29, 0.717) is 12.1 Å². The van der Waals surface area contributed by atoms with Crippen molar-refractivity contribution in [3.63, 3.8) is 0 Å². The van der Waals surface area contributed by atoms with Crippen LogP contribution >= 0.6 is 0 Å². The number of piperidine rings is 1. The maximum Gasteiger partial charge on any atom is 0.138 e. The van der Waals surface area contributed by atoms with Gasteiger partial charge in [0.05, 0.1) is 11.4 Å². The second kappa shape index (κ2) is 6.26. The number of nitrogens with zero attached hydrogens (tertiary/aromatic N) is 4. The van der Waals surface area contributed by atoms with Crippen LogP contribution in [0.15, 0.2) is 36.9 Å². The summed E-state index contributed by atoms with van der Waals surface area (Å²) < 4.78 is 1.81. The van der Waals surface area contributed by atoms with Crippen molar-refractivity contribution in [3.05, 3.63) is 36.9 Å². The molecule has 0 radical (unpaired) electrons. The fourth-order valence-electron chi connectivity index (χ4n) is 2.91. The second-order valence-electron chi connectivity index (χ2n) is 5.91. The van der Waals surface area contributed by atoms with E-state index in [1.54, 1.807) is 12.7 Å². The zero-order chi connectivity index (χ0) is 14.7. The zero-order valence-electron chi connectivity index (χ0n) is 12.7. The molecule has 5 nitrogen and oxygen atoms in total. The lowest BCUT2D eigenvalue weighted by atomic mass is 10.0. The van der Waals surface area contributed by atoms with Gasteiger partial charge in [-0.15, -0.1) is 0 Å². The standard InChI is InChI=1S/C16H23N5/c1-13(2)20-9-7-14(8-10-20)19-15-5-3-4-6-16(15)21-12-17-11-18-21/h3-6,11-14,19H,7-10H2,1-2H3. The van der Waals surface area contributed by atoms with Crippen LogP contribution in [0.1, 0.15) is 26.7 Å². The number of rotatable bonds is 4. The lowest BCUT2D eigenvalue weighted by molar-refractivity contribution is 0.177. The van der Waals surface area contributed by atoms with Gasteiger partial charge in [0.15, 0.2) is 0 Å². The van der Waals surface area contributed by atoms with E-state index in [0.717, 1.165) is 11.4 Å². The number of hydrogen-bond donors (Lipinski definition) is 1. The topological polar surface area (TPSA) is 46.0 Å². The Morgan fingerprint density at radius 3 is 2.62 bits per heavy atom. The minimum absolute atomic E-state index is 0.532. The summed E-state index contributed by atoms with van der Waals surface area (Å²) in [4.78, 5) is 6.58. The summed E-state index contributed by atoms with van der Waals surface area (Å²) in [5.74, 6) is 0. The molecule has 0 unspecified atom stereocenters. The molecule has 112 valence electrons. The third-order valence-electron chi connectivity index (χ3n) is 4.19. The molecule has 0 spiro atoms. The van der Waals surface area contributed by atoms with E-state index in [4.69, 9.17) is 0 Å². The number of aromatic nitrogens is 3. The fourth-order valence-corrected chi connectivity index (χ4v) is 2.91. The van der Waals surface area contributed by atoms with E-state index in [2.05, 4.69) is 52.3 Å². The van der Waals surface area contributed by atoms with E-state index in [1.165, 1.54) is 25.9 Å². The molecule has 0 aliphatic carbocycles. The van der Waals surface area contributed by atoms with Gasteiger partial charge >= 0.3 is 0 Å². The van der Waals surface area contributed by atoms with Crippen LogP contribution in [-0.4, -0.2) is 44.8 Å². The first-order valence-corrected chi connectivity index (χ1v) is 7.68. The smallest absolute Gasteiger partial charge is 0.138 e. The van der Waals surface area contributed by atoms with E-state index in [1.807, 2.05) is 10.7 Å². The molecule has 5 heteroatoms. The summed E-state index contributed by atoms with van der Waals surface area (Å²) in [6.07, 6.45) is 5.67. The van der Waals surface area contributed by atoms with Gasteiger partial charge in [0.2, 0.25) is 0 Å². The number of hydrogen-bond acceptors (Lipinski definition) is 4.